The molecule has 2 aliphatic heterocycles. The van der Waals surface area contributed by atoms with Crippen molar-refractivity contribution in [1.82, 2.24) is 19.9 Å². The van der Waals surface area contributed by atoms with Gasteiger partial charge in [0.05, 0.1) is 33.6 Å². The van der Waals surface area contributed by atoms with Gasteiger partial charge in [-0.15, -0.1) is 0 Å². The molecular formula is C97H58N4O2. The fourth-order valence-electron chi connectivity index (χ4n) is 17.9. The van der Waals surface area contributed by atoms with Crippen LogP contribution >= 0.6 is 0 Å². The molecule has 17 aromatic rings. The van der Waals surface area contributed by atoms with Crippen LogP contribution in [0.15, 0.2) is 334 Å². The first-order chi connectivity index (χ1) is 51.0. The van der Waals surface area contributed by atoms with Gasteiger partial charge in [-0.2, -0.15) is 0 Å². The van der Waals surface area contributed by atoms with Crippen molar-refractivity contribution in [3.8, 4) is 124 Å². The Bertz CT molecular complexity index is 6460. The van der Waals surface area contributed by atoms with Crippen molar-refractivity contribution in [3.63, 3.8) is 0 Å². The molecule has 15 aromatic carbocycles. The number of fused-ring (bicyclic) bond motifs is 21. The minimum Gasteiger partial charge on any atom is -0.457 e. The first-order valence-electron chi connectivity index (χ1n) is 35.4. The van der Waals surface area contributed by atoms with Crippen molar-refractivity contribution in [3.05, 3.63) is 389 Å². The zero-order valence-corrected chi connectivity index (χ0v) is 55.6. The van der Waals surface area contributed by atoms with E-state index in [0.29, 0.717) is 11.6 Å². The van der Waals surface area contributed by atoms with E-state index in [1.165, 1.54) is 82.6 Å². The highest BCUT2D eigenvalue weighted by Crippen LogP contribution is 2.65. The molecule has 0 saturated heterocycles. The topological polar surface area (TPSA) is 70.0 Å². The van der Waals surface area contributed by atoms with E-state index in [1.54, 1.807) is 0 Å². The number of allylic oxidation sites excluding steroid dienone is 1. The Hall–Kier alpha value is -13.4. The maximum Gasteiger partial charge on any atom is 0.160 e. The van der Waals surface area contributed by atoms with Crippen molar-refractivity contribution in [2.75, 3.05) is 0 Å². The lowest BCUT2D eigenvalue weighted by molar-refractivity contribution is 0.436. The largest absolute Gasteiger partial charge is 0.457 e. The SMILES string of the molecule is C1=Cc2cc(-c3cc(-c4ccccc4)nc(-c4ccc5c(c4)Oc4ccc(-c6ccc(-c7cc(-c8ccc9c(ccc%10ccccc%109)c8)nc(-c8ccc9c(c8)Oc8ccccc8C98c9ccccc9-c9ccccc98)n7)cc6)cc4C54c5ccccc5-c5ccccc54)n3)cc3cccc(c23)C1. The van der Waals surface area contributed by atoms with E-state index < -0.39 is 10.8 Å². The summed E-state index contributed by atoms with van der Waals surface area (Å²) in [5.41, 5.74) is 26.6. The smallest absolute Gasteiger partial charge is 0.160 e. The standard InChI is InChI=1S/C97H58N4O2/c1-2-19-60(20-3-1)85-57-88(70-51-66-23-16-21-62-22-17-24-67(52-70)93(62)66)101-95(98-85)69-44-48-83-92(55-69)103-90-49-45-63(53-84(90)97(83)79-32-12-8-28-75(79)76-29-9-13-33-80(76)97)58-36-39-61(40-37-58)86-56-87(65-42-46-72-64(50-65)41-38-59-18-4-5-25-71(59)72)100-94(99-86)68-43-47-82-91(54-68)102-89-35-15-14-34-81(89)96(82)77-30-10-6-26-73(77)74-27-7-11-31-78(74)96/h1-21,23-57H,22H2. The summed E-state index contributed by atoms with van der Waals surface area (Å²) in [6, 6.07) is 118. The molecular weight excluding hydrogens is 1250 g/mol. The molecule has 0 amide bonds. The zero-order chi connectivity index (χ0) is 67.5. The van der Waals surface area contributed by atoms with Crippen LogP contribution in [0.5, 0.6) is 23.0 Å². The van der Waals surface area contributed by atoms with Gasteiger partial charge in [-0.05, 0) is 166 Å². The number of aromatic nitrogens is 4. The molecule has 2 spiro atoms. The Balaban J connectivity index is 0.666. The highest BCUT2D eigenvalue weighted by molar-refractivity contribution is 6.08. The van der Waals surface area contributed by atoms with E-state index in [2.05, 4.69) is 334 Å². The van der Waals surface area contributed by atoms with Crippen LogP contribution in [0.2, 0.25) is 0 Å². The summed E-state index contributed by atoms with van der Waals surface area (Å²) in [7, 11) is 0. The van der Waals surface area contributed by atoms with E-state index in [-0.39, 0.29) is 0 Å². The average Bonchev–Trinajstić information content (AvgIpc) is 1.56. The minimum atomic E-state index is -0.733. The van der Waals surface area contributed by atoms with Crippen LogP contribution in [0.1, 0.15) is 55.6 Å². The molecule has 0 fully saturated rings. The lowest BCUT2D eigenvalue weighted by Crippen LogP contribution is -2.32. The van der Waals surface area contributed by atoms with Crippen molar-refractivity contribution < 1.29 is 9.47 Å². The second-order valence-electron chi connectivity index (χ2n) is 27.8. The van der Waals surface area contributed by atoms with E-state index >= 15 is 0 Å². The van der Waals surface area contributed by atoms with Crippen molar-refractivity contribution in [1.29, 1.82) is 0 Å². The maximum atomic E-state index is 7.30. The molecule has 6 heteroatoms. The van der Waals surface area contributed by atoms with E-state index in [4.69, 9.17) is 29.4 Å². The molecule has 6 nitrogen and oxygen atoms in total. The summed E-state index contributed by atoms with van der Waals surface area (Å²) in [5.74, 6) is 4.40. The molecule has 22 rings (SSSR count). The predicted octanol–water partition coefficient (Wildman–Crippen LogP) is 23.9. The summed E-state index contributed by atoms with van der Waals surface area (Å²) in [6.45, 7) is 0. The number of nitrogens with zero attached hydrogens (tertiary/aromatic N) is 4. The molecule has 103 heavy (non-hydrogen) atoms. The highest BCUT2D eigenvalue weighted by atomic mass is 16.5. The Morgan fingerprint density at radius 1 is 0.252 bits per heavy atom. The van der Waals surface area contributed by atoms with E-state index in [0.717, 1.165) is 124 Å². The second kappa shape index (κ2) is 22.0. The maximum absolute atomic E-state index is 7.30. The minimum absolute atomic E-state index is 0.594. The van der Waals surface area contributed by atoms with Gasteiger partial charge < -0.3 is 9.47 Å². The molecule has 2 aromatic heterocycles. The van der Waals surface area contributed by atoms with Crippen LogP contribution in [0, 0.1) is 0 Å². The van der Waals surface area contributed by atoms with Crippen molar-refractivity contribution in [2.45, 2.75) is 17.3 Å². The van der Waals surface area contributed by atoms with Gasteiger partial charge in [0.1, 0.15) is 23.0 Å². The van der Waals surface area contributed by atoms with Crippen LogP contribution in [0.25, 0.3) is 140 Å². The summed E-state index contributed by atoms with van der Waals surface area (Å²) >= 11 is 0. The molecule has 0 radical (unpaired) electrons. The fraction of sp³-hybridized carbons (Fsp3) is 0.0309. The molecule has 3 aliphatic carbocycles. The van der Waals surface area contributed by atoms with Crippen LogP contribution in [-0.2, 0) is 17.3 Å². The fourth-order valence-corrected chi connectivity index (χ4v) is 17.9. The van der Waals surface area contributed by atoms with Gasteiger partial charge in [0, 0.05) is 55.6 Å². The van der Waals surface area contributed by atoms with Gasteiger partial charge in [-0.25, -0.2) is 19.9 Å². The number of para-hydroxylation sites is 1. The van der Waals surface area contributed by atoms with Gasteiger partial charge >= 0.3 is 0 Å². The van der Waals surface area contributed by atoms with Gasteiger partial charge in [0.25, 0.3) is 0 Å². The number of hydrogen-bond acceptors (Lipinski definition) is 6. The Morgan fingerprint density at radius 3 is 1.36 bits per heavy atom. The molecule has 478 valence electrons. The third kappa shape index (κ3) is 8.49. The molecule has 5 aliphatic rings. The highest BCUT2D eigenvalue weighted by Gasteiger charge is 2.53. The van der Waals surface area contributed by atoms with Crippen LogP contribution in [0.3, 0.4) is 0 Å². The zero-order valence-electron chi connectivity index (χ0n) is 55.6. The normalized spacial score (nSPS) is 13.9. The summed E-state index contributed by atoms with van der Waals surface area (Å²) in [5, 5.41) is 7.29. The monoisotopic (exact) mass is 1310 g/mol. The summed E-state index contributed by atoms with van der Waals surface area (Å²) in [4.78, 5) is 21.8. The number of hydrogen-bond donors (Lipinski definition) is 0. The van der Waals surface area contributed by atoms with Gasteiger partial charge in [-0.3, -0.25) is 0 Å². The Labute approximate surface area is 594 Å². The predicted molar refractivity (Wildman–Crippen MR) is 416 cm³/mol. The number of ether oxygens (including phenoxy) is 2. The van der Waals surface area contributed by atoms with Gasteiger partial charge in [-0.1, -0.05) is 279 Å². The number of rotatable bonds is 7. The Kier molecular flexibility index (Phi) is 12.3. The lowest BCUT2D eigenvalue weighted by atomic mass is 9.65. The first kappa shape index (κ1) is 57.5. The third-order valence-corrected chi connectivity index (χ3v) is 22.4. The molecule has 4 heterocycles. The van der Waals surface area contributed by atoms with Crippen molar-refractivity contribution >= 4 is 38.4 Å². The van der Waals surface area contributed by atoms with Crippen LogP contribution in [0.4, 0.5) is 0 Å². The van der Waals surface area contributed by atoms with Crippen LogP contribution in [-0.4, -0.2) is 19.9 Å². The quantitative estimate of drug-likeness (QED) is 0.148. The third-order valence-electron chi connectivity index (χ3n) is 22.4. The molecule has 0 atom stereocenters. The van der Waals surface area contributed by atoms with Crippen molar-refractivity contribution in [2.24, 2.45) is 0 Å². The molecule has 0 bridgehead atoms. The first-order valence-corrected chi connectivity index (χ1v) is 35.4. The molecule has 0 N–H and O–H groups in total. The molecule has 0 saturated carbocycles. The number of benzene rings is 15. The summed E-state index contributed by atoms with van der Waals surface area (Å²) < 4.78 is 14.3. The second-order valence-corrected chi connectivity index (χ2v) is 27.8. The summed E-state index contributed by atoms with van der Waals surface area (Å²) in [6.07, 6.45) is 5.44. The average molecular weight is 1310 g/mol. The lowest BCUT2D eigenvalue weighted by Gasteiger charge is -2.39. The Morgan fingerprint density at radius 2 is 0.709 bits per heavy atom. The van der Waals surface area contributed by atoms with Crippen LogP contribution < -0.4 is 9.47 Å². The molecule has 0 unspecified atom stereocenters. The van der Waals surface area contributed by atoms with Gasteiger partial charge in [0.2, 0.25) is 0 Å². The van der Waals surface area contributed by atoms with E-state index in [1.807, 2.05) is 6.07 Å². The van der Waals surface area contributed by atoms with Gasteiger partial charge in [0.15, 0.2) is 11.6 Å². The van der Waals surface area contributed by atoms with E-state index in [9.17, 15) is 0 Å².